The minimum atomic E-state index is 0.850. The van der Waals surface area contributed by atoms with Crippen LogP contribution in [0, 0.1) is 6.92 Å². The molecule has 2 fully saturated rings. The summed E-state index contributed by atoms with van der Waals surface area (Å²) in [5.41, 5.74) is 5.23. The van der Waals surface area contributed by atoms with E-state index in [1.807, 2.05) is 0 Å². The fourth-order valence-electron chi connectivity index (χ4n) is 5.20. The summed E-state index contributed by atoms with van der Waals surface area (Å²) in [5, 5.41) is 0. The third-order valence-corrected chi connectivity index (χ3v) is 7.43. The maximum absolute atomic E-state index is 5.04. The zero-order valence-corrected chi connectivity index (χ0v) is 19.5. The number of piperazine rings is 1. The van der Waals surface area contributed by atoms with E-state index in [-0.39, 0.29) is 0 Å². The number of rotatable bonds is 5. The minimum absolute atomic E-state index is 0.850. The molecule has 32 heavy (non-hydrogen) atoms. The Hall–Kier alpha value is -2.24. The second kappa shape index (κ2) is 10.1. The molecular formula is C27H37N5. The maximum Gasteiger partial charge on any atom is 0.225 e. The summed E-state index contributed by atoms with van der Waals surface area (Å²) in [6.07, 6.45) is 14.1. The molecule has 0 unspecified atom stereocenters. The highest BCUT2D eigenvalue weighted by Gasteiger charge is 2.28. The molecule has 1 aromatic carbocycles. The van der Waals surface area contributed by atoms with Crippen molar-refractivity contribution in [2.24, 2.45) is 0 Å². The first-order chi connectivity index (χ1) is 15.7. The van der Waals surface area contributed by atoms with Gasteiger partial charge in [0.15, 0.2) is 0 Å². The zero-order chi connectivity index (χ0) is 21.8. The van der Waals surface area contributed by atoms with E-state index in [1.165, 1.54) is 41.6 Å². The molecule has 3 aliphatic rings. The highest BCUT2D eigenvalue weighted by molar-refractivity contribution is 5.50. The van der Waals surface area contributed by atoms with Crippen molar-refractivity contribution in [1.82, 2.24) is 19.8 Å². The molecule has 0 radical (unpaired) electrons. The quantitative estimate of drug-likeness (QED) is 0.716. The Morgan fingerprint density at radius 2 is 1.88 bits per heavy atom. The lowest BCUT2D eigenvalue weighted by Gasteiger charge is -2.43. The first-order valence-corrected chi connectivity index (χ1v) is 12.5. The first kappa shape index (κ1) is 21.6. The number of hydrogen-bond acceptors (Lipinski definition) is 5. The van der Waals surface area contributed by atoms with Crippen LogP contribution in [-0.2, 0) is 12.8 Å². The molecule has 1 aromatic heterocycles. The van der Waals surface area contributed by atoms with Crippen LogP contribution in [0.25, 0.3) is 6.08 Å². The molecule has 1 saturated heterocycles. The molecule has 170 valence electrons. The van der Waals surface area contributed by atoms with Gasteiger partial charge in [0.1, 0.15) is 0 Å². The number of aromatic nitrogens is 2. The predicted molar refractivity (Wildman–Crippen MR) is 132 cm³/mol. The molecule has 0 spiro atoms. The molecule has 0 atom stereocenters. The SMILES string of the molecule is Cc1cccc(/C=C/CN2CCCc3nc(N4CCN(C5CCC5)CC4)ncc3CC2)c1. The predicted octanol–water partition coefficient (Wildman–Crippen LogP) is 3.96. The topological polar surface area (TPSA) is 35.5 Å². The van der Waals surface area contributed by atoms with E-state index in [2.05, 4.69) is 64.2 Å². The Morgan fingerprint density at radius 3 is 2.66 bits per heavy atom. The smallest absolute Gasteiger partial charge is 0.225 e. The Kier molecular flexibility index (Phi) is 6.84. The van der Waals surface area contributed by atoms with Crippen LogP contribution in [0.5, 0.6) is 0 Å². The van der Waals surface area contributed by atoms with Crippen molar-refractivity contribution in [3.05, 3.63) is 58.9 Å². The summed E-state index contributed by atoms with van der Waals surface area (Å²) < 4.78 is 0. The summed E-state index contributed by atoms with van der Waals surface area (Å²) in [6, 6.07) is 9.54. The fourth-order valence-corrected chi connectivity index (χ4v) is 5.20. The molecular weight excluding hydrogens is 394 g/mol. The van der Waals surface area contributed by atoms with Crippen LogP contribution >= 0.6 is 0 Å². The molecule has 5 heteroatoms. The van der Waals surface area contributed by atoms with Crippen molar-refractivity contribution >= 4 is 12.0 Å². The van der Waals surface area contributed by atoms with Crippen LogP contribution in [0.1, 0.15) is 48.1 Å². The maximum atomic E-state index is 5.04. The Labute approximate surface area is 193 Å². The summed E-state index contributed by atoms with van der Waals surface area (Å²) in [7, 11) is 0. The molecule has 1 saturated carbocycles. The molecule has 0 N–H and O–H groups in total. The number of anilines is 1. The number of fused-ring (bicyclic) bond motifs is 1. The van der Waals surface area contributed by atoms with Crippen LogP contribution in [0.3, 0.4) is 0 Å². The van der Waals surface area contributed by atoms with Crippen molar-refractivity contribution in [3.63, 3.8) is 0 Å². The Morgan fingerprint density at radius 1 is 1.00 bits per heavy atom. The van der Waals surface area contributed by atoms with Crippen LogP contribution in [-0.4, -0.2) is 71.6 Å². The highest BCUT2D eigenvalue weighted by Crippen LogP contribution is 2.26. The van der Waals surface area contributed by atoms with E-state index in [9.17, 15) is 0 Å². The largest absolute Gasteiger partial charge is 0.338 e. The molecule has 0 amide bonds. The van der Waals surface area contributed by atoms with E-state index >= 15 is 0 Å². The standard InChI is InChI=1S/C27H37N5/c1-22-6-2-7-23(20-22)8-4-13-30-14-5-11-26-24(12-15-30)21-28-27(29-26)32-18-16-31(17-19-32)25-9-3-10-25/h2,4,6-8,20-21,25H,3,5,9-19H2,1H3/b8-4+. The van der Waals surface area contributed by atoms with Gasteiger partial charge in [-0.15, -0.1) is 0 Å². The van der Waals surface area contributed by atoms with Crippen molar-refractivity contribution in [2.75, 3.05) is 50.7 Å². The van der Waals surface area contributed by atoms with Gasteiger partial charge in [-0.2, -0.15) is 0 Å². The van der Waals surface area contributed by atoms with Gasteiger partial charge in [0.05, 0.1) is 0 Å². The molecule has 5 rings (SSSR count). The van der Waals surface area contributed by atoms with Gasteiger partial charge >= 0.3 is 0 Å². The average molecular weight is 432 g/mol. The third-order valence-electron chi connectivity index (χ3n) is 7.43. The zero-order valence-electron chi connectivity index (χ0n) is 19.5. The van der Waals surface area contributed by atoms with Gasteiger partial charge in [-0.1, -0.05) is 48.4 Å². The lowest BCUT2D eigenvalue weighted by atomic mass is 9.91. The third kappa shape index (κ3) is 5.21. The summed E-state index contributed by atoms with van der Waals surface area (Å²) in [6.45, 7) is 9.83. The Bertz CT molecular complexity index is 927. The average Bonchev–Trinajstić information content (AvgIpc) is 2.75. The lowest BCUT2D eigenvalue weighted by molar-refractivity contribution is 0.120. The molecule has 5 nitrogen and oxygen atoms in total. The van der Waals surface area contributed by atoms with E-state index in [1.54, 1.807) is 0 Å². The Balaban J connectivity index is 1.15. The summed E-state index contributed by atoms with van der Waals surface area (Å²) >= 11 is 0. The normalized spacial score (nSPS) is 21.2. The van der Waals surface area contributed by atoms with Crippen molar-refractivity contribution in [2.45, 2.75) is 51.5 Å². The van der Waals surface area contributed by atoms with Crippen molar-refractivity contribution in [1.29, 1.82) is 0 Å². The van der Waals surface area contributed by atoms with Crippen LogP contribution < -0.4 is 4.90 Å². The second-order valence-corrected chi connectivity index (χ2v) is 9.72. The van der Waals surface area contributed by atoms with Gasteiger partial charge in [-0.3, -0.25) is 9.80 Å². The molecule has 2 aromatic rings. The van der Waals surface area contributed by atoms with Crippen molar-refractivity contribution in [3.8, 4) is 0 Å². The monoisotopic (exact) mass is 431 g/mol. The summed E-state index contributed by atoms with van der Waals surface area (Å²) in [4.78, 5) is 17.5. The van der Waals surface area contributed by atoms with Crippen LogP contribution in [0.15, 0.2) is 36.5 Å². The second-order valence-electron chi connectivity index (χ2n) is 9.72. The number of nitrogens with zero attached hydrogens (tertiary/aromatic N) is 5. The molecule has 2 aliphatic heterocycles. The minimum Gasteiger partial charge on any atom is -0.338 e. The van der Waals surface area contributed by atoms with Crippen LogP contribution in [0.2, 0.25) is 0 Å². The van der Waals surface area contributed by atoms with Crippen LogP contribution in [0.4, 0.5) is 5.95 Å². The van der Waals surface area contributed by atoms with E-state index in [0.29, 0.717) is 0 Å². The van der Waals surface area contributed by atoms with E-state index < -0.39 is 0 Å². The van der Waals surface area contributed by atoms with Gasteiger partial charge in [-0.25, -0.2) is 9.97 Å². The molecule has 3 heterocycles. The first-order valence-electron chi connectivity index (χ1n) is 12.5. The lowest BCUT2D eigenvalue weighted by Crippen LogP contribution is -2.52. The van der Waals surface area contributed by atoms with E-state index in [4.69, 9.17) is 9.97 Å². The van der Waals surface area contributed by atoms with E-state index in [0.717, 1.165) is 77.1 Å². The fraction of sp³-hybridized carbons (Fsp3) is 0.556. The molecule has 1 aliphatic carbocycles. The molecule has 0 bridgehead atoms. The number of hydrogen-bond donors (Lipinski definition) is 0. The van der Waals surface area contributed by atoms with Gasteiger partial charge in [0, 0.05) is 57.2 Å². The highest BCUT2D eigenvalue weighted by atomic mass is 15.3. The van der Waals surface area contributed by atoms with Gasteiger partial charge in [-0.05, 0) is 56.7 Å². The van der Waals surface area contributed by atoms with Gasteiger partial charge in [0.25, 0.3) is 0 Å². The number of benzene rings is 1. The number of aryl methyl sites for hydroxylation is 2. The summed E-state index contributed by atoms with van der Waals surface area (Å²) in [5.74, 6) is 0.954. The van der Waals surface area contributed by atoms with Gasteiger partial charge < -0.3 is 4.90 Å². The van der Waals surface area contributed by atoms with Crippen molar-refractivity contribution < 1.29 is 0 Å². The van der Waals surface area contributed by atoms with Gasteiger partial charge in [0.2, 0.25) is 5.95 Å².